The van der Waals surface area contributed by atoms with E-state index in [4.69, 9.17) is 8.92 Å². The Morgan fingerprint density at radius 3 is 2.67 bits per heavy atom. The molecule has 3 heteroatoms. The lowest BCUT2D eigenvalue weighted by Gasteiger charge is -1.99. The minimum Gasteiger partial charge on any atom is -0.369 e. The second-order valence-corrected chi connectivity index (χ2v) is 2.26. The van der Waals surface area contributed by atoms with E-state index in [2.05, 4.69) is 6.92 Å². The van der Waals surface area contributed by atoms with Crippen molar-refractivity contribution in [2.75, 3.05) is 19.2 Å². The Bertz CT molecular complexity index is 44.3. The molecule has 0 rings (SSSR count). The first kappa shape index (κ1) is 9.27. The van der Waals surface area contributed by atoms with Crippen molar-refractivity contribution < 1.29 is 8.92 Å². The molecule has 56 valence electrons. The van der Waals surface area contributed by atoms with Crippen LogP contribution in [-0.4, -0.2) is 19.2 Å². The average Bonchev–Trinajstić information content (AvgIpc) is 1.89. The van der Waals surface area contributed by atoms with Crippen molar-refractivity contribution in [2.45, 2.75) is 20.3 Å². The van der Waals surface area contributed by atoms with Crippen LogP contribution in [0.25, 0.3) is 0 Å². The zero-order valence-corrected chi connectivity index (χ0v) is 6.87. The van der Waals surface area contributed by atoms with Gasteiger partial charge in [-0.25, -0.2) is 0 Å². The second kappa shape index (κ2) is 8.27. The molecule has 0 heterocycles. The van der Waals surface area contributed by atoms with Crippen LogP contribution in [0.5, 0.6) is 0 Å². The highest BCUT2D eigenvalue weighted by molar-refractivity contribution is 7.94. The molecule has 0 fully saturated rings. The lowest BCUT2D eigenvalue weighted by molar-refractivity contribution is 0.192. The summed E-state index contributed by atoms with van der Waals surface area (Å²) in [4.78, 5) is 0. The summed E-state index contributed by atoms with van der Waals surface area (Å²) in [7, 11) is 0. The van der Waals surface area contributed by atoms with Crippen molar-refractivity contribution in [1.29, 1.82) is 0 Å². The van der Waals surface area contributed by atoms with Gasteiger partial charge in [0.05, 0.1) is 6.61 Å². The summed E-state index contributed by atoms with van der Waals surface area (Å²) >= 11 is 1.38. The Kier molecular flexibility index (Phi) is 8.52. The molecule has 0 aliphatic rings. The van der Waals surface area contributed by atoms with Gasteiger partial charge in [-0.3, -0.25) is 0 Å². The summed E-state index contributed by atoms with van der Waals surface area (Å²) in [6.45, 7) is 5.64. The molecule has 0 aliphatic heterocycles. The van der Waals surface area contributed by atoms with Gasteiger partial charge >= 0.3 is 0 Å². The van der Waals surface area contributed by atoms with Crippen molar-refractivity contribution in [3.63, 3.8) is 0 Å². The molecule has 0 aromatic heterocycles. The maximum Gasteiger partial charge on any atom is 0.118 e. The van der Waals surface area contributed by atoms with Crippen molar-refractivity contribution in [3.05, 3.63) is 0 Å². The maximum absolute atomic E-state index is 5.08. The van der Waals surface area contributed by atoms with Crippen LogP contribution in [0.1, 0.15) is 20.3 Å². The third kappa shape index (κ3) is 8.27. The molecule has 0 atom stereocenters. The Morgan fingerprint density at radius 1 is 1.33 bits per heavy atom. The zero-order valence-electron chi connectivity index (χ0n) is 6.05. The molecule has 2 nitrogen and oxygen atoms in total. The fraction of sp³-hybridized carbons (Fsp3) is 1.00. The molecular weight excluding hydrogens is 136 g/mol. The maximum atomic E-state index is 5.08. The topological polar surface area (TPSA) is 18.5 Å². The lowest BCUT2D eigenvalue weighted by atomic mass is 10.5. The second-order valence-electron chi connectivity index (χ2n) is 1.55. The molecule has 0 aromatic rings. The first-order chi connectivity index (χ1) is 4.41. The van der Waals surface area contributed by atoms with Gasteiger partial charge in [0, 0.05) is 18.6 Å². The van der Waals surface area contributed by atoms with E-state index in [9.17, 15) is 0 Å². The van der Waals surface area contributed by atoms with Crippen molar-refractivity contribution in [3.8, 4) is 0 Å². The summed E-state index contributed by atoms with van der Waals surface area (Å²) in [5.74, 6) is 0.649. The summed E-state index contributed by atoms with van der Waals surface area (Å²) in [5, 5.41) is 0. The summed E-state index contributed by atoms with van der Waals surface area (Å²) in [5.41, 5.74) is 0. The van der Waals surface area contributed by atoms with Crippen molar-refractivity contribution >= 4 is 12.0 Å². The van der Waals surface area contributed by atoms with E-state index in [0.29, 0.717) is 5.94 Å². The van der Waals surface area contributed by atoms with Crippen LogP contribution in [0, 0.1) is 0 Å². The molecule has 0 saturated heterocycles. The summed E-state index contributed by atoms with van der Waals surface area (Å²) < 4.78 is 10.1. The number of rotatable bonds is 6. The molecule has 0 spiro atoms. The first-order valence-electron chi connectivity index (χ1n) is 3.24. The standard InChI is InChI=1S/C6H14O2S/c1-3-5-8-9-6-7-4-2/h3-6H2,1-2H3. The van der Waals surface area contributed by atoms with Crippen LogP contribution in [0.3, 0.4) is 0 Å². The predicted molar refractivity (Wildman–Crippen MR) is 40.3 cm³/mol. The van der Waals surface area contributed by atoms with Gasteiger partial charge in [0.15, 0.2) is 0 Å². The van der Waals surface area contributed by atoms with Gasteiger partial charge in [-0.1, -0.05) is 6.92 Å². The smallest absolute Gasteiger partial charge is 0.118 e. The van der Waals surface area contributed by atoms with Gasteiger partial charge < -0.3 is 8.92 Å². The highest BCUT2D eigenvalue weighted by Gasteiger charge is 1.85. The number of ether oxygens (including phenoxy) is 1. The normalized spacial score (nSPS) is 10.0. The highest BCUT2D eigenvalue weighted by atomic mass is 32.2. The van der Waals surface area contributed by atoms with Gasteiger partial charge in [-0.15, -0.1) is 0 Å². The minimum absolute atomic E-state index is 0.649. The van der Waals surface area contributed by atoms with Crippen LogP contribution in [0.15, 0.2) is 0 Å². The molecule has 0 radical (unpaired) electrons. The molecule has 0 N–H and O–H groups in total. The largest absolute Gasteiger partial charge is 0.369 e. The Labute approximate surface area is 61.1 Å². The number of hydrogen-bond acceptors (Lipinski definition) is 3. The molecule has 0 aliphatic carbocycles. The van der Waals surface area contributed by atoms with Gasteiger partial charge in [-0.2, -0.15) is 0 Å². The average molecular weight is 150 g/mol. The molecule has 0 saturated carbocycles. The van der Waals surface area contributed by atoms with E-state index in [0.717, 1.165) is 19.6 Å². The van der Waals surface area contributed by atoms with Crippen LogP contribution < -0.4 is 0 Å². The van der Waals surface area contributed by atoms with E-state index in [1.807, 2.05) is 6.92 Å². The Balaban J connectivity index is 2.60. The van der Waals surface area contributed by atoms with Gasteiger partial charge in [0.2, 0.25) is 0 Å². The van der Waals surface area contributed by atoms with E-state index in [-0.39, 0.29) is 0 Å². The SMILES string of the molecule is CCCOSCOCC. The minimum atomic E-state index is 0.649. The monoisotopic (exact) mass is 150 g/mol. The summed E-state index contributed by atoms with van der Waals surface area (Å²) in [6, 6.07) is 0. The van der Waals surface area contributed by atoms with E-state index in [1.165, 1.54) is 12.0 Å². The quantitative estimate of drug-likeness (QED) is 0.328. The van der Waals surface area contributed by atoms with Crippen LogP contribution >= 0.6 is 12.0 Å². The first-order valence-corrected chi connectivity index (χ1v) is 4.15. The van der Waals surface area contributed by atoms with Crippen molar-refractivity contribution in [1.82, 2.24) is 0 Å². The van der Waals surface area contributed by atoms with Gasteiger partial charge in [0.1, 0.15) is 5.94 Å². The number of hydrogen-bond donors (Lipinski definition) is 0. The van der Waals surface area contributed by atoms with Crippen LogP contribution in [-0.2, 0) is 8.92 Å². The van der Waals surface area contributed by atoms with Gasteiger partial charge in [-0.05, 0) is 13.3 Å². The molecule has 9 heavy (non-hydrogen) atoms. The molecule has 0 unspecified atom stereocenters. The van der Waals surface area contributed by atoms with E-state index >= 15 is 0 Å². The molecular formula is C6H14O2S. The lowest BCUT2D eigenvalue weighted by Crippen LogP contribution is -1.90. The molecule has 0 bridgehead atoms. The van der Waals surface area contributed by atoms with E-state index < -0.39 is 0 Å². The predicted octanol–water partition coefficient (Wildman–Crippen LogP) is 2.06. The third-order valence-electron chi connectivity index (χ3n) is 0.706. The fourth-order valence-corrected chi connectivity index (χ4v) is 0.881. The Morgan fingerprint density at radius 2 is 2.11 bits per heavy atom. The van der Waals surface area contributed by atoms with Crippen LogP contribution in [0.2, 0.25) is 0 Å². The highest BCUT2D eigenvalue weighted by Crippen LogP contribution is 2.02. The third-order valence-corrected chi connectivity index (χ3v) is 1.30. The molecule has 0 amide bonds. The van der Waals surface area contributed by atoms with E-state index in [1.54, 1.807) is 0 Å². The van der Waals surface area contributed by atoms with Crippen LogP contribution in [0.4, 0.5) is 0 Å². The zero-order chi connectivity index (χ0) is 6.95. The Hall–Kier alpha value is 0.270. The van der Waals surface area contributed by atoms with Gasteiger partial charge in [0.25, 0.3) is 0 Å². The van der Waals surface area contributed by atoms with Crippen molar-refractivity contribution in [2.24, 2.45) is 0 Å². The summed E-state index contributed by atoms with van der Waals surface area (Å²) in [6.07, 6.45) is 1.07. The fourth-order valence-electron chi connectivity index (χ4n) is 0.294. The molecule has 0 aromatic carbocycles.